The zero-order valence-corrected chi connectivity index (χ0v) is 25.3. The van der Waals surface area contributed by atoms with E-state index in [9.17, 15) is 4.79 Å². The maximum absolute atomic E-state index is 12.6. The van der Waals surface area contributed by atoms with Crippen LogP contribution in [-0.2, 0) is 17.8 Å². The molecule has 2 atom stereocenters. The molecule has 9 nitrogen and oxygen atoms in total. The van der Waals surface area contributed by atoms with E-state index in [1.165, 1.54) is 34.5 Å². The predicted molar refractivity (Wildman–Crippen MR) is 171 cm³/mol. The van der Waals surface area contributed by atoms with Gasteiger partial charge in [-0.15, -0.1) is 0 Å². The van der Waals surface area contributed by atoms with E-state index in [1.807, 2.05) is 0 Å². The molecule has 43 heavy (non-hydrogen) atoms. The van der Waals surface area contributed by atoms with E-state index in [-0.39, 0.29) is 18.5 Å². The van der Waals surface area contributed by atoms with Crippen molar-refractivity contribution in [2.45, 2.75) is 51.2 Å². The fourth-order valence-electron chi connectivity index (χ4n) is 6.92. The minimum absolute atomic E-state index is 0.125. The standard InChI is InChI=1S/C34H41N7O2/c1-5-32(42)41-19-18-40(21-26(41)20-35-3)33-29-14-9-17-39(31-15-7-12-27-24(2)10-6-13-28(27)31)22-30(29)36-34(37-33)43-23-25-11-8-16-38(25)4/h5-7,10,12-13,15,25-26H,1,8-9,11,14,16-23H2,2,4H3/t25-,26-/m0/s1. The number of likely N-dealkylation sites (N-methyl/N-ethyl adjacent to an activating group) is 1. The van der Waals surface area contributed by atoms with Gasteiger partial charge in [-0.1, -0.05) is 36.9 Å². The largest absolute Gasteiger partial charge is 0.462 e. The molecule has 6 rings (SSSR count). The van der Waals surface area contributed by atoms with Gasteiger partial charge >= 0.3 is 6.01 Å². The third kappa shape index (κ3) is 5.89. The molecule has 9 heteroatoms. The number of hydrogen-bond donors (Lipinski definition) is 0. The molecule has 224 valence electrons. The van der Waals surface area contributed by atoms with E-state index < -0.39 is 0 Å². The van der Waals surface area contributed by atoms with Crippen molar-refractivity contribution in [1.29, 1.82) is 0 Å². The van der Waals surface area contributed by atoms with Crippen LogP contribution in [0.5, 0.6) is 6.01 Å². The van der Waals surface area contributed by atoms with E-state index in [0.717, 1.165) is 49.4 Å². The van der Waals surface area contributed by atoms with Gasteiger partial charge in [-0.2, -0.15) is 9.97 Å². The molecule has 4 heterocycles. The fourth-order valence-corrected chi connectivity index (χ4v) is 6.92. The van der Waals surface area contributed by atoms with Crippen molar-refractivity contribution in [3.8, 4) is 6.01 Å². The molecule has 3 aromatic rings. The zero-order valence-electron chi connectivity index (χ0n) is 25.3. The molecule has 0 aliphatic carbocycles. The average molecular weight is 580 g/mol. The molecule has 0 unspecified atom stereocenters. The highest BCUT2D eigenvalue weighted by Crippen LogP contribution is 2.35. The first-order valence-corrected chi connectivity index (χ1v) is 15.4. The van der Waals surface area contributed by atoms with Gasteiger partial charge in [-0.25, -0.2) is 6.57 Å². The summed E-state index contributed by atoms with van der Waals surface area (Å²) >= 11 is 0. The summed E-state index contributed by atoms with van der Waals surface area (Å²) in [5.41, 5.74) is 4.63. The molecule has 1 aromatic heterocycles. The summed E-state index contributed by atoms with van der Waals surface area (Å²) in [6.07, 6.45) is 5.46. The summed E-state index contributed by atoms with van der Waals surface area (Å²) < 4.78 is 6.34. The van der Waals surface area contributed by atoms with Crippen LogP contribution >= 0.6 is 0 Å². The van der Waals surface area contributed by atoms with Crippen molar-refractivity contribution in [2.75, 3.05) is 62.7 Å². The minimum atomic E-state index is -0.222. The summed E-state index contributed by atoms with van der Waals surface area (Å²) in [5.74, 6) is 0.761. The first-order chi connectivity index (χ1) is 21.0. The number of ether oxygens (including phenoxy) is 1. The maximum atomic E-state index is 12.6. The lowest BCUT2D eigenvalue weighted by Gasteiger charge is -2.40. The Balaban J connectivity index is 1.36. The number of carbonyl (C=O) groups is 1. The molecular weight excluding hydrogens is 538 g/mol. The zero-order chi connectivity index (χ0) is 29.9. The number of nitrogens with zero attached hydrogens (tertiary/aromatic N) is 7. The molecule has 0 bridgehead atoms. The quantitative estimate of drug-likeness (QED) is 0.302. The van der Waals surface area contributed by atoms with Crippen molar-refractivity contribution in [3.05, 3.63) is 77.3 Å². The van der Waals surface area contributed by atoms with Crippen LogP contribution in [0, 0.1) is 13.5 Å². The van der Waals surface area contributed by atoms with Crippen LogP contribution in [0.3, 0.4) is 0 Å². The summed E-state index contributed by atoms with van der Waals surface area (Å²) in [6, 6.07) is 13.6. The van der Waals surface area contributed by atoms with Crippen LogP contribution in [0.4, 0.5) is 11.5 Å². The number of hydrogen-bond acceptors (Lipinski definition) is 7. The Morgan fingerprint density at radius 1 is 1.07 bits per heavy atom. The Bertz CT molecular complexity index is 1550. The highest BCUT2D eigenvalue weighted by Gasteiger charge is 2.34. The van der Waals surface area contributed by atoms with Gasteiger partial charge in [0.25, 0.3) is 0 Å². The Hall–Kier alpha value is -4.16. The lowest BCUT2D eigenvalue weighted by molar-refractivity contribution is -0.128. The van der Waals surface area contributed by atoms with Gasteiger partial charge in [0.1, 0.15) is 18.5 Å². The van der Waals surface area contributed by atoms with E-state index in [1.54, 1.807) is 4.90 Å². The topological polar surface area (TPSA) is 69.4 Å². The van der Waals surface area contributed by atoms with Gasteiger partial charge in [0.05, 0.1) is 12.2 Å². The molecule has 0 spiro atoms. The fraction of sp³-hybridized carbons (Fsp3) is 0.471. The van der Waals surface area contributed by atoms with Gasteiger partial charge in [-0.05, 0) is 69.3 Å². The summed E-state index contributed by atoms with van der Waals surface area (Å²) in [6.45, 7) is 18.5. The van der Waals surface area contributed by atoms with E-state index in [0.29, 0.717) is 44.8 Å². The molecule has 2 fully saturated rings. The van der Waals surface area contributed by atoms with Crippen LogP contribution in [0.25, 0.3) is 15.6 Å². The maximum Gasteiger partial charge on any atom is 0.318 e. The first kappa shape index (κ1) is 28.9. The number of aryl methyl sites for hydroxylation is 1. The van der Waals surface area contributed by atoms with Crippen LogP contribution in [0.2, 0.25) is 0 Å². The van der Waals surface area contributed by atoms with Gasteiger partial charge in [0.15, 0.2) is 0 Å². The van der Waals surface area contributed by atoms with Crippen LogP contribution in [-0.4, -0.2) is 90.7 Å². The number of benzene rings is 2. The van der Waals surface area contributed by atoms with Gasteiger partial charge < -0.3 is 29.2 Å². The second-order valence-corrected chi connectivity index (χ2v) is 12.0. The second-order valence-electron chi connectivity index (χ2n) is 12.0. The summed E-state index contributed by atoms with van der Waals surface area (Å²) in [7, 11) is 2.15. The van der Waals surface area contributed by atoms with Gasteiger partial charge in [-0.3, -0.25) is 4.79 Å². The number of piperazine rings is 1. The van der Waals surface area contributed by atoms with E-state index >= 15 is 0 Å². The molecule has 0 N–H and O–H groups in total. The Kier molecular flexibility index (Phi) is 8.48. The smallest absolute Gasteiger partial charge is 0.318 e. The monoisotopic (exact) mass is 579 g/mol. The summed E-state index contributed by atoms with van der Waals surface area (Å²) in [5, 5.41) is 2.53. The van der Waals surface area contributed by atoms with Crippen molar-refractivity contribution in [3.63, 3.8) is 0 Å². The molecule has 1 amide bonds. The van der Waals surface area contributed by atoms with Gasteiger partial charge in [0.2, 0.25) is 12.5 Å². The van der Waals surface area contributed by atoms with Crippen LogP contribution < -0.4 is 14.5 Å². The average Bonchev–Trinajstić information content (AvgIpc) is 3.31. The Morgan fingerprint density at radius 2 is 1.91 bits per heavy atom. The Labute approximate surface area is 254 Å². The molecule has 0 radical (unpaired) electrons. The van der Waals surface area contributed by atoms with Crippen molar-refractivity contribution < 1.29 is 9.53 Å². The lowest BCUT2D eigenvalue weighted by Crippen LogP contribution is -2.56. The molecule has 2 saturated heterocycles. The third-order valence-corrected chi connectivity index (χ3v) is 9.32. The summed E-state index contributed by atoms with van der Waals surface area (Å²) in [4.78, 5) is 35.1. The number of rotatable bonds is 7. The normalized spacial score (nSPS) is 20.9. The van der Waals surface area contributed by atoms with Gasteiger partial charge in [0, 0.05) is 48.9 Å². The highest BCUT2D eigenvalue weighted by molar-refractivity contribution is 5.96. The number of carbonyl (C=O) groups excluding carboxylic acids is 1. The number of likely N-dealkylation sites (tertiary alicyclic amines) is 1. The van der Waals surface area contributed by atoms with E-state index in [4.69, 9.17) is 21.3 Å². The lowest BCUT2D eigenvalue weighted by atomic mass is 10.0. The van der Waals surface area contributed by atoms with Crippen LogP contribution in [0.15, 0.2) is 49.1 Å². The minimum Gasteiger partial charge on any atom is -0.462 e. The number of fused-ring (bicyclic) bond motifs is 2. The van der Waals surface area contributed by atoms with Crippen molar-refractivity contribution in [1.82, 2.24) is 19.8 Å². The first-order valence-electron chi connectivity index (χ1n) is 15.4. The van der Waals surface area contributed by atoms with E-state index in [2.05, 4.69) is 76.5 Å². The number of anilines is 2. The van der Waals surface area contributed by atoms with Crippen LogP contribution in [0.1, 0.15) is 36.1 Å². The number of amides is 1. The molecule has 3 aliphatic heterocycles. The second kappa shape index (κ2) is 12.6. The Morgan fingerprint density at radius 3 is 2.70 bits per heavy atom. The highest BCUT2D eigenvalue weighted by atomic mass is 16.5. The third-order valence-electron chi connectivity index (χ3n) is 9.32. The molecular formula is C34H41N7O2. The number of aromatic nitrogens is 2. The SMILES string of the molecule is [C-]#[N+]C[C@H]1CN(c2nc(OC[C@@H]3CCCN3C)nc3c2CCCN(c2cccc4c(C)cccc24)C3)CCN1C(=O)C=C. The molecule has 0 saturated carbocycles. The molecule has 2 aromatic carbocycles. The van der Waals surface area contributed by atoms with Crippen molar-refractivity contribution >= 4 is 28.2 Å². The predicted octanol–water partition coefficient (Wildman–Crippen LogP) is 4.49. The van der Waals surface area contributed by atoms with Crippen molar-refractivity contribution in [2.24, 2.45) is 0 Å². The molecule has 3 aliphatic rings.